The van der Waals surface area contributed by atoms with Gasteiger partial charge in [-0.25, -0.2) is 8.78 Å². The summed E-state index contributed by atoms with van der Waals surface area (Å²) in [5, 5.41) is 8.66. The van der Waals surface area contributed by atoms with Gasteiger partial charge in [-0.3, -0.25) is 15.2 Å². The van der Waals surface area contributed by atoms with Crippen LogP contribution in [0.4, 0.5) is 14.7 Å². The Morgan fingerprint density at radius 1 is 1.24 bits per heavy atom. The van der Waals surface area contributed by atoms with Crippen molar-refractivity contribution in [2.75, 3.05) is 5.32 Å². The number of hydrogen-bond donors (Lipinski definition) is 2. The van der Waals surface area contributed by atoms with Crippen LogP contribution in [-0.4, -0.2) is 21.1 Å². The van der Waals surface area contributed by atoms with E-state index in [1.807, 2.05) is 0 Å². The fraction of sp³-hybridized carbons (Fsp3) is 0. The standard InChI is InChI=1S/C13H8F2N4O2/c14-8-4-7(5-9(15)6-8)12(20)17-13-16-11(18-19-13)10-2-1-3-21-10/h1-6H,(H2,16,17,18,19,20). The number of hydrogen-bond acceptors (Lipinski definition) is 4. The van der Waals surface area contributed by atoms with Gasteiger partial charge in [0, 0.05) is 11.6 Å². The molecule has 3 rings (SSSR count). The molecule has 0 radical (unpaired) electrons. The summed E-state index contributed by atoms with van der Waals surface area (Å²) in [6.07, 6.45) is 1.46. The number of anilines is 1. The molecule has 106 valence electrons. The van der Waals surface area contributed by atoms with Crippen molar-refractivity contribution in [3.63, 3.8) is 0 Å². The monoisotopic (exact) mass is 290 g/mol. The third-order valence-electron chi connectivity index (χ3n) is 2.59. The summed E-state index contributed by atoms with van der Waals surface area (Å²) in [6, 6.07) is 5.84. The minimum atomic E-state index is -0.841. The van der Waals surface area contributed by atoms with Crippen molar-refractivity contribution in [1.82, 2.24) is 15.2 Å². The molecular formula is C13H8F2N4O2. The predicted octanol–water partition coefficient (Wildman–Crippen LogP) is 2.60. The van der Waals surface area contributed by atoms with Crippen molar-refractivity contribution in [3.05, 3.63) is 53.8 Å². The minimum Gasteiger partial charge on any atom is -0.461 e. The third-order valence-corrected chi connectivity index (χ3v) is 2.59. The van der Waals surface area contributed by atoms with Crippen LogP contribution in [0, 0.1) is 11.6 Å². The highest BCUT2D eigenvalue weighted by Crippen LogP contribution is 2.16. The molecule has 0 aliphatic carbocycles. The van der Waals surface area contributed by atoms with Crippen LogP contribution in [0.15, 0.2) is 41.0 Å². The summed E-state index contributed by atoms with van der Waals surface area (Å²) in [4.78, 5) is 15.8. The number of aromatic nitrogens is 3. The van der Waals surface area contributed by atoms with Gasteiger partial charge < -0.3 is 4.42 Å². The highest BCUT2D eigenvalue weighted by molar-refractivity contribution is 6.03. The maximum atomic E-state index is 13.0. The zero-order valence-corrected chi connectivity index (χ0v) is 10.4. The predicted molar refractivity (Wildman–Crippen MR) is 68.4 cm³/mol. The molecule has 8 heteroatoms. The van der Waals surface area contributed by atoms with E-state index in [9.17, 15) is 13.6 Å². The van der Waals surface area contributed by atoms with Crippen molar-refractivity contribution in [3.8, 4) is 11.6 Å². The number of carbonyl (C=O) groups excluding carboxylic acids is 1. The lowest BCUT2D eigenvalue weighted by molar-refractivity contribution is 0.102. The summed E-state index contributed by atoms with van der Waals surface area (Å²) in [5.41, 5.74) is -0.170. The summed E-state index contributed by atoms with van der Waals surface area (Å²) >= 11 is 0. The van der Waals surface area contributed by atoms with Crippen molar-refractivity contribution < 1.29 is 18.0 Å². The van der Waals surface area contributed by atoms with E-state index < -0.39 is 17.5 Å². The Morgan fingerprint density at radius 3 is 2.67 bits per heavy atom. The lowest BCUT2D eigenvalue weighted by Crippen LogP contribution is -2.13. The van der Waals surface area contributed by atoms with E-state index >= 15 is 0 Å². The normalized spacial score (nSPS) is 10.6. The van der Waals surface area contributed by atoms with E-state index in [0.717, 1.165) is 12.1 Å². The van der Waals surface area contributed by atoms with E-state index in [1.165, 1.54) is 6.26 Å². The van der Waals surface area contributed by atoms with E-state index in [4.69, 9.17) is 4.42 Å². The molecule has 1 aromatic carbocycles. The van der Waals surface area contributed by atoms with Crippen LogP contribution in [0.25, 0.3) is 11.6 Å². The van der Waals surface area contributed by atoms with Crippen LogP contribution in [0.2, 0.25) is 0 Å². The van der Waals surface area contributed by atoms with Crippen LogP contribution in [-0.2, 0) is 0 Å². The zero-order valence-electron chi connectivity index (χ0n) is 10.4. The van der Waals surface area contributed by atoms with E-state index in [2.05, 4.69) is 20.5 Å². The van der Waals surface area contributed by atoms with Crippen LogP contribution in [0.1, 0.15) is 10.4 Å². The second kappa shape index (κ2) is 5.16. The lowest BCUT2D eigenvalue weighted by atomic mass is 10.2. The van der Waals surface area contributed by atoms with Gasteiger partial charge in [-0.1, -0.05) is 0 Å². The van der Waals surface area contributed by atoms with Gasteiger partial charge in [0.05, 0.1) is 6.26 Å². The Morgan fingerprint density at radius 2 is 2.00 bits per heavy atom. The number of halogens is 2. The lowest BCUT2D eigenvalue weighted by Gasteiger charge is -2.01. The van der Waals surface area contributed by atoms with E-state index in [1.54, 1.807) is 12.1 Å². The van der Waals surface area contributed by atoms with Gasteiger partial charge in [0.2, 0.25) is 5.95 Å². The average Bonchev–Trinajstić information content (AvgIpc) is 3.07. The first-order valence-electron chi connectivity index (χ1n) is 5.85. The number of H-pyrrole nitrogens is 1. The largest absolute Gasteiger partial charge is 0.461 e. The Labute approximate surface area is 116 Å². The van der Waals surface area contributed by atoms with Gasteiger partial charge in [0.1, 0.15) is 11.6 Å². The minimum absolute atomic E-state index is 0.0314. The molecule has 0 atom stereocenters. The second-order valence-corrected chi connectivity index (χ2v) is 4.10. The van der Waals surface area contributed by atoms with Gasteiger partial charge >= 0.3 is 0 Å². The molecular weight excluding hydrogens is 282 g/mol. The topological polar surface area (TPSA) is 83.8 Å². The molecule has 0 aliphatic rings. The second-order valence-electron chi connectivity index (χ2n) is 4.10. The molecule has 6 nitrogen and oxygen atoms in total. The molecule has 0 fully saturated rings. The Kier molecular flexibility index (Phi) is 3.19. The van der Waals surface area contributed by atoms with Crippen LogP contribution in [0.3, 0.4) is 0 Å². The quantitative estimate of drug-likeness (QED) is 0.776. The molecule has 0 bridgehead atoms. The SMILES string of the molecule is O=C(Nc1n[nH]c(-c2ccco2)n1)c1cc(F)cc(F)c1. The maximum absolute atomic E-state index is 13.0. The number of aromatic amines is 1. The Bertz CT molecular complexity index is 763. The third kappa shape index (κ3) is 2.78. The zero-order chi connectivity index (χ0) is 14.8. The first kappa shape index (κ1) is 13.0. The summed E-state index contributed by atoms with van der Waals surface area (Å²) in [6.45, 7) is 0. The molecule has 21 heavy (non-hydrogen) atoms. The molecule has 1 amide bonds. The number of furan rings is 1. The highest BCUT2D eigenvalue weighted by Gasteiger charge is 2.13. The number of amides is 1. The van der Waals surface area contributed by atoms with Gasteiger partial charge in [0.25, 0.3) is 5.91 Å². The molecule has 0 spiro atoms. The van der Waals surface area contributed by atoms with Gasteiger partial charge in [-0.15, -0.1) is 5.10 Å². The first-order chi connectivity index (χ1) is 10.1. The first-order valence-corrected chi connectivity index (χ1v) is 5.85. The molecule has 2 aromatic heterocycles. The molecule has 0 unspecified atom stereocenters. The fourth-order valence-corrected chi connectivity index (χ4v) is 1.70. The van der Waals surface area contributed by atoms with Crippen molar-refractivity contribution in [1.29, 1.82) is 0 Å². The number of nitrogens with zero attached hydrogens (tertiary/aromatic N) is 2. The van der Waals surface area contributed by atoms with Crippen molar-refractivity contribution >= 4 is 11.9 Å². The summed E-state index contributed by atoms with van der Waals surface area (Å²) in [7, 11) is 0. The smallest absolute Gasteiger partial charge is 0.258 e. The number of carbonyl (C=O) groups is 1. The van der Waals surface area contributed by atoms with Crippen LogP contribution < -0.4 is 5.32 Å². The molecule has 0 aliphatic heterocycles. The molecule has 0 saturated heterocycles. The van der Waals surface area contributed by atoms with Gasteiger partial charge in [-0.2, -0.15) is 4.98 Å². The number of benzene rings is 1. The molecule has 2 N–H and O–H groups in total. The molecule has 0 saturated carbocycles. The highest BCUT2D eigenvalue weighted by atomic mass is 19.1. The number of rotatable bonds is 3. The molecule has 2 heterocycles. The fourth-order valence-electron chi connectivity index (χ4n) is 1.70. The maximum Gasteiger partial charge on any atom is 0.258 e. The van der Waals surface area contributed by atoms with E-state index in [-0.39, 0.29) is 11.5 Å². The summed E-state index contributed by atoms with van der Waals surface area (Å²) < 4.78 is 31.2. The Hall–Kier alpha value is -3.03. The van der Waals surface area contributed by atoms with Gasteiger partial charge in [-0.05, 0) is 24.3 Å². The van der Waals surface area contributed by atoms with Crippen molar-refractivity contribution in [2.24, 2.45) is 0 Å². The summed E-state index contributed by atoms with van der Waals surface area (Å²) in [5.74, 6) is -1.67. The van der Waals surface area contributed by atoms with Crippen molar-refractivity contribution in [2.45, 2.75) is 0 Å². The van der Waals surface area contributed by atoms with E-state index in [0.29, 0.717) is 17.7 Å². The van der Waals surface area contributed by atoms with Crippen LogP contribution >= 0.6 is 0 Å². The molecule has 3 aromatic rings. The Balaban J connectivity index is 1.79. The average molecular weight is 290 g/mol. The van der Waals surface area contributed by atoms with Gasteiger partial charge in [0.15, 0.2) is 11.6 Å². The number of nitrogens with one attached hydrogen (secondary N) is 2. The van der Waals surface area contributed by atoms with Crippen LogP contribution in [0.5, 0.6) is 0 Å².